The van der Waals surface area contributed by atoms with Crippen molar-refractivity contribution >= 4 is 11.9 Å². The van der Waals surface area contributed by atoms with E-state index in [-0.39, 0.29) is 12.3 Å². The minimum atomic E-state index is -0.928. The highest BCUT2D eigenvalue weighted by molar-refractivity contribution is 5.94. The lowest BCUT2D eigenvalue weighted by Crippen LogP contribution is -2.36. The van der Waals surface area contributed by atoms with E-state index in [1.165, 1.54) is 0 Å². The van der Waals surface area contributed by atoms with E-state index in [1.54, 1.807) is 31.4 Å². The van der Waals surface area contributed by atoms with Crippen molar-refractivity contribution in [3.05, 3.63) is 65.7 Å². The zero-order chi connectivity index (χ0) is 17.4. The predicted molar refractivity (Wildman–Crippen MR) is 91.3 cm³/mol. The number of carboxylic acid groups (broad SMARTS) is 1. The van der Waals surface area contributed by atoms with E-state index >= 15 is 0 Å². The van der Waals surface area contributed by atoms with Crippen LogP contribution in [0.1, 0.15) is 28.8 Å². The molecule has 2 aromatic rings. The molecule has 1 unspecified atom stereocenters. The number of ether oxygens (including phenoxy) is 1. The third-order valence-corrected chi connectivity index (χ3v) is 3.73. The summed E-state index contributed by atoms with van der Waals surface area (Å²) in [5.74, 6) is -0.544. The minimum absolute atomic E-state index is 0.102. The fraction of sp³-hybridized carbons (Fsp3) is 0.263. The van der Waals surface area contributed by atoms with Crippen LogP contribution in [0.4, 0.5) is 0 Å². The molecule has 5 heteroatoms. The number of carboxylic acids is 1. The molecule has 126 valence electrons. The van der Waals surface area contributed by atoms with Gasteiger partial charge in [0, 0.05) is 11.6 Å². The average molecular weight is 327 g/mol. The maximum absolute atomic E-state index is 12.3. The molecule has 0 spiro atoms. The Hall–Kier alpha value is -2.82. The van der Waals surface area contributed by atoms with E-state index in [4.69, 9.17) is 9.84 Å². The summed E-state index contributed by atoms with van der Waals surface area (Å²) in [7, 11) is 1.56. The summed E-state index contributed by atoms with van der Waals surface area (Å²) in [5, 5.41) is 11.9. The molecule has 0 saturated heterocycles. The van der Waals surface area contributed by atoms with Crippen molar-refractivity contribution in [2.75, 3.05) is 7.11 Å². The first-order valence-corrected chi connectivity index (χ1v) is 7.79. The largest absolute Gasteiger partial charge is 0.497 e. The van der Waals surface area contributed by atoms with Gasteiger partial charge in [-0.1, -0.05) is 30.3 Å². The number of nitrogens with one attached hydrogen (secondary N) is 1. The van der Waals surface area contributed by atoms with Gasteiger partial charge >= 0.3 is 5.97 Å². The van der Waals surface area contributed by atoms with Crippen LogP contribution in [-0.4, -0.2) is 30.1 Å². The van der Waals surface area contributed by atoms with Crippen LogP contribution in [0, 0.1) is 0 Å². The van der Waals surface area contributed by atoms with Crippen molar-refractivity contribution in [3.63, 3.8) is 0 Å². The topological polar surface area (TPSA) is 75.6 Å². The van der Waals surface area contributed by atoms with Crippen molar-refractivity contribution in [2.45, 2.75) is 25.3 Å². The molecule has 0 saturated carbocycles. The summed E-state index contributed by atoms with van der Waals surface area (Å²) in [5.41, 5.74) is 1.59. The second-order valence-corrected chi connectivity index (χ2v) is 5.52. The number of hydrogen-bond donors (Lipinski definition) is 2. The number of aliphatic carboxylic acids is 1. The number of aryl methyl sites for hydroxylation is 1. The monoisotopic (exact) mass is 327 g/mol. The molecular weight excluding hydrogens is 306 g/mol. The number of rotatable bonds is 8. The zero-order valence-corrected chi connectivity index (χ0v) is 13.6. The Labute approximate surface area is 141 Å². The first-order chi connectivity index (χ1) is 11.6. The van der Waals surface area contributed by atoms with Gasteiger partial charge < -0.3 is 15.2 Å². The smallest absolute Gasteiger partial charge is 0.305 e. The van der Waals surface area contributed by atoms with Gasteiger partial charge in [-0.15, -0.1) is 0 Å². The van der Waals surface area contributed by atoms with Gasteiger partial charge in [-0.3, -0.25) is 9.59 Å². The predicted octanol–water partition coefficient (Wildman–Crippen LogP) is 2.90. The van der Waals surface area contributed by atoms with Crippen LogP contribution in [0.25, 0.3) is 0 Å². The van der Waals surface area contributed by atoms with E-state index in [9.17, 15) is 9.59 Å². The number of benzene rings is 2. The van der Waals surface area contributed by atoms with Gasteiger partial charge in [0.25, 0.3) is 5.91 Å². The van der Waals surface area contributed by atoms with Crippen molar-refractivity contribution in [1.29, 1.82) is 0 Å². The Kier molecular flexibility index (Phi) is 6.37. The summed E-state index contributed by atoms with van der Waals surface area (Å²) in [6, 6.07) is 16.1. The quantitative estimate of drug-likeness (QED) is 0.782. The number of carbonyl (C=O) groups excluding carboxylic acids is 1. The third kappa shape index (κ3) is 5.43. The Morgan fingerprint density at radius 1 is 1.08 bits per heavy atom. The van der Waals surface area contributed by atoms with Crippen LogP contribution in [0.15, 0.2) is 54.6 Å². The molecule has 0 aliphatic rings. The first kappa shape index (κ1) is 17.5. The van der Waals surface area contributed by atoms with Crippen molar-refractivity contribution in [1.82, 2.24) is 5.32 Å². The molecule has 1 atom stereocenters. The summed E-state index contributed by atoms with van der Waals surface area (Å²) in [4.78, 5) is 23.4. The Balaban J connectivity index is 1.98. The lowest BCUT2D eigenvalue weighted by molar-refractivity contribution is -0.137. The number of methoxy groups -OCH3 is 1. The molecule has 2 N–H and O–H groups in total. The van der Waals surface area contributed by atoms with Gasteiger partial charge in [0.2, 0.25) is 0 Å². The fourth-order valence-corrected chi connectivity index (χ4v) is 2.43. The van der Waals surface area contributed by atoms with Gasteiger partial charge in [-0.25, -0.2) is 0 Å². The summed E-state index contributed by atoms with van der Waals surface area (Å²) < 4.78 is 5.06. The molecule has 24 heavy (non-hydrogen) atoms. The normalized spacial score (nSPS) is 11.5. The first-order valence-electron chi connectivity index (χ1n) is 7.79. The molecule has 0 heterocycles. The Morgan fingerprint density at radius 2 is 1.75 bits per heavy atom. The molecule has 0 radical (unpaired) electrons. The van der Waals surface area contributed by atoms with Crippen LogP contribution in [-0.2, 0) is 11.2 Å². The van der Waals surface area contributed by atoms with E-state index < -0.39 is 12.0 Å². The van der Waals surface area contributed by atoms with Crippen LogP contribution < -0.4 is 10.1 Å². The number of amides is 1. The highest BCUT2D eigenvalue weighted by atomic mass is 16.5. The average Bonchev–Trinajstić information content (AvgIpc) is 2.60. The molecular formula is C19H21NO4. The van der Waals surface area contributed by atoms with Crippen molar-refractivity contribution < 1.29 is 19.4 Å². The fourth-order valence-electron chi connectivity index (χ4n) is 2.43. The van der Waals surface area contributed by atoms with Crippen LogP contribution in [0.3, 0.4) is 0 Å². The van der Waals surface area contributed by atoms with E-state index in [0.717, 1.165) is 5.56 Å². The van der Waals surface area contributed by atoms with E-state index in [0.29, 0.717) is 24.2 Å². The van der Waals surface area contributed by atoms with Crippen LogP contribution in [0.5, 0.6) is 5.75 Å². The molecule has 0 fully saturated rings. The SMILES string of the molecule is COc1ccc(C(=O)NC(CCc2ccccc2)CC(=O)O)cc1. The maximum atomic E-state index is 12.3. The second-order valence-electron chi connectivity index (χ2n) is 5.52. The standard InChI is InChI=1S/C19H21NO4/c1-24-17-11-8-15(9-12-17)19(23)20-16(13-18(21)22)10-7-14-5-3-2-4-6-14/h2-6,8-9,11-12,16H,7,10,13H2,1H3,(H,20,23)(H,21,22). The maximum Gasteiger partial charge on any atom is 0.305 e. The van der Waals surface area contributed by atoms with E-state index in [1.807, 2.05) is 30.3 Å². The second kappa shape index (κ2) is 8.72. The number of hydrogen-bond acceptors (Lipinski definition) is 3. The van der Waals surface area contributed by atoms with Gasteiger partial charge in [0.15, 0.2) is 0 Å². The molecule has 0 bridgehead atoms. The lowest BCUT2D eigenvalue weighted by Gasteiger charge is -2.17. The molecule has 2 rings (SSSR count). The number of carbonyl (C=O) groups is 2. The van der Waals surface area contributed by atoms with Gasteiger partial charge in [0.05, 0.1) is 13.5 Å². The van der Waals surface area contributed by atoms with Crippen molar-refractivity contribution in [3.8, 4) is 5.75 Å². The molecule has 1 amide bonds. The lowest BCUT2D eigenvalue weighted by atomic mass is 10.0. The summed E-state index contributed by atoms with van der Waals surface area (Å²) in [6.07, 6.45) is 1.18. The Bertz CT molecular complexity index is 668. The molecule has 0 aliphatic heterocycles. The van der Waals surface area contributed by atoms with Gasteiger partial charge in [-0.2, -0.15) is 0 Å². The molecule has 5 nitrogen and oxygen atoms in total. The molecule has 2 aromatic carbocycles. The minimum Gasteiger partial charge on any atom is -0.497 e. The molecule has 0 aliphatic carbocycles. The molecule has 0 aromatic heterocycles. The summed E-state index contributed by atoms with van der Waals surface area (Å²) >= 11 is 0. The third-order valence-electron chi connectivity index (χ3n) is 3.73. The van der Waals surface area contributed by atoms with Crippen LogP contribution >= 0.6 is 0 Å². The van der Waals surface area contributed by atoms with Gasteiger partial charge in [0.1, 0.15) is 5.75 Å². The van der Waals surface area contributed by atoms with E-state index in [2.05, 4.69) is 5.32 Å². The highest BCUT2D eigenvalue weighted by Gasteiger charge is 2.17. The summed E-state index contributed by atoms with van der Waals surface area (Å²) in [6.45, 7) is 0. The van der Waals surface area contributed by atoms with Gasteiger partial charge in [-0.05, 0) is 42.7 Å². The Morgan fingerprint density at radius 3 is 2.33 bits per heavy atom. The van der Waals surface area contributed by atoms with Crippen molar-refractivity contribution in [2.24, 2.45) is 0 Å². The van der Waals surface area contributed by atoms with Crippen LogP contribution in [0.2, 0.25) is 0 Å². The zero-order valence-electron chi connectivity index (χ0n) is 13.6. The highest BCUT2D eigenvalue weighted by Crippen LogP contribution is 2.13.